The van der Waals surface area contributed by atoms with Gasteiger partial charge in [-0.1, -0.05) is 0 Å². The molecule has 0 fully saturated rings. The molecule has 0 spiro atoms. The molecule has 0 aromatic heterocycles. The van der Waals surface area contributed by atoms with E-state index in [2.05, 4.69) is 5.32 Å². The van der Waals surface area contributed by atoms with Gasteiger partial charge in [-0.15, -0.1) is 0 Å². The number of ether oxygens (including phenoxy) is 2. The number of hydrogen-bond donors (Lipinski definition) is 3. The molecule has 0 aromatic rings. The Labute approximate surface area is 109 Å². The van der Waals surface area contributed by atoms with Crippen molar-refractivity contribution < 1.29 is 19.4 Å². The molecule has 4 N–H and O–H groups in total. The lowest BCUT2D eigenvalue weighted by atomic mass is 10.0. The number of aliphatic hydroxyl groups is 1. The van der Waals surface area contributed by atoms with Crippen molar-refractivity contribution in [2.24, 2.45) is 5.73 Å². The Morgan fingerprint density at radius 3 is 2.56 bits per heavy atom. The van der Waals surface area contributed by atoms with Gasteiger partial charge in [0.05, 0.1) is 11.6 Å². The van der Waals surface area contributed by atoms with Crippen molar-refractivity contribution in [2.45, 2.75) is 37.8 Å². The van der Waals surface area contributed by atoms with E-state index in [1.54, 1.807) is 21.1 Å². The van der Waals surface area contributed by atoms with Crippen LogP contribution in [0.2, 0.25) is 0 Å². The molecule has 0 saturated heterocycles. The lowest BCUT2D eigenvalue weighted by Gasteiger charge is -2.24. The normalized spacial score (nSPS) is 16.1. The van der Waals surface area contributed by atoms with Crippen molar-refractivity contribution >= 4 is 5.91 Å². The number of rotatable bonds is 10. The molecule has 0 bridgehead atoms. The van der Waals surface area contributed by atoms with Crippen LogP contribution in [0.1, 0.15) is 26.2 Å². The van der Waals surface area contributed by atoms with Gasteiger partial charge >= 0.3 is 0 Å². The van der Waals surface area contributed by atoms with E-state index in [0.717, 1.165) is 6.42 Å². The van der Waals surface area contributed by atoms with E-state index in [0.29, 0.717) is 26.1 Å². The molecule has 2 atom stereocenters. The van der Waals surface area contributed by atoms with Crippen LogP contribution >= 0.6 is 0 Å². The van der Waals surface area contributed by atoms with Crippen LogP contribution in [0.15, 0.2) is 0 Å². The summed E-state index contributed by atoms with van der Waals surface area (Å²) in [4.78, 5) is 11.6. The average Bonchev–Trinajstić information content (AvgIpc) is 2.34. The summed E-state index contributed by atoms with van der Waals surface area (Å²) in [6.07, 6.45) is 1.77. The van der Waals surface area contributed by atoms with Crippen LogP contribution in [0, 0.1) is 0 Å². The SMILES string of the molecule is COCCCC(N)C(=O)NCC(C)(O)CCOC. The molecule has 6 nitrogen and oxygen atoms in total. The summed E-state index contributed by atoms with van der Waals surface area (Å²) in [6.45, 7) is 2.87. The molecule has 6 heteroatoms. The van der Waals surface area contributed by atoms with E-state index in [9.17, 15) is 9.90 Å². The third kappa shape index (κ3) is 8.41. The van der Waals surface area contributed by atoms with Gasteiger partial charge in [0.15, 0.2) is 0 Å². The molecule has 0 radical (unpaired) electrons. The minimum atomic E-state index is -0.974. The van der Waals surface area contributed by atoms with Gasteiger partial charge in [-0.3, -0.25) is 4.79 Å². The van der Waals surface area contributed by atoms with Gasteiger partial charge in [0.2, 0.25) is 5.91 Å². The number of hydrogen-bond acceptors (Lipinski definition) is 5. The van der Waals surface area contributed by atoms with Gasteiger partial charge in [0.25, 0.3) is 0 Å². The van der Waals surface area contributed by atoms with Crippen LogP contribution in [-0.2, 0) is 14.3 Å². The van der Waals surface area contributed by atoms with Gasteiger partial charge in [-0.2, -0.15) is 0 Å². The smallest absolute Gasteiger partial charge is 0.237 e. The van der Waals surface area contributed by atoms with Crippen molar-refractivity contribution in [3.05, 3.63) is 0 Å². The van der Waals surface area contributed by atoms with E-state index in [-0.39, 0.29) is 12.5 Å². The molecule has 0 aliphatic rings. The van der Waals surface area contributed by atoms with Crippen LogP contribution < -0.4 is 11.1 Å². The molecule has 0 saturated carbocycles. The van der Waals surface area contributed by atoms with Gasteiger partial charge in [0, 0.05) is 40.4 Å². The fourth-order valence-electron chi connectivity index (χ4n) is 1.40. The van der Waals surface area contributed by atoms with Crippen molar-refractivity contribution in [3.63, 3.8) is 0 Å². The summed E-state index contributed by atoms with van der Waals surface area (Å²) in [6, 6.07) is -0.557. The zero-order valence-corrected chi connectivity index (χ0v) is 11.6. The fraction of sp³-hybridized carbons (Fsp3) is 0.917. The minimum Gasteiger partial charge on any atom is -0.388 e. The van der Waals surface area contributed by atoms with Gasteiger partial charge in [-0.25, -0.2) is 0 Å². The van der Waals surface area contributed by atoms with Crippen LogP contribution in [0.25, 0.3) is 0 Å². The number of methoxy groups -OCH3 is 2. The second-order valence-electron chi connectivity index (χ2n) is 4.70. The summed E-state index contributed by atoms with van der Waals surface area (Å²) in [5.41, 5.74) is 4.74. The first-order chi connectivity index (χ1) is 8.43. The highest BCUT2D eigenvalue weighted by atomic mass is 16.5. The topological polar surface area (TPSA) is 93.8 Å². The van der Waals surface area contributed by atoms with Crippen molar-refractivity contribution in [3.8, 4) is 0 Å². The van der Waals surface area contributed by atoms with Crippen LogP contribution in [0.4, 0.5) is 0 Å². The van der Waals surface area contributed by atoms with E-state index in [1.807, 2.05) is 0 Å². The quantitative estimate of drug-likeness (QED) is 0.468. The first kappa shape index (κ1) is 17.3. The van der Waals surface area contributed by atoms with Crippen LogP contribution in [0.3, 0.4) is 0 Å². The maximum absolute atomic E-state index is 11.6. The highest BCUT2D eigenvalue weighted by Crippen LogP contribution is 2.07. The Morgan fingerprint density at radius 1 is 1.39 bits per heavy atom. The van der Waals surface area contributed by atoms with E-state index >= 15 is 0 Å². The first-order valence-corrected chi connectivity index (χ1v) is 6.16. The molecule has 18 heavy (non-hydrogen) atoms. The number of nitrogens with two attached hydrogens (primary N) is 1. The summed E-state index contributed by atoms with van der Waals surface area (Å²) < 4.78 is 9.78. The van der Waals surface area contributed by atoms with E-state index < -0.39 is 11.6 Å². The maximum Gasteiger partial charge on any atom is 0.237 e. The Balaban J connectivity index is 3.86. The van der Waals surface area contributed by atoms with Crippen molar-refractivity contribution in [1.29, 1.82) is 0 Å². The zero-order valence-electron chi connectivity index (χ0n) is 11.6. The molecule has 0 aliphatic carbocycles. The Hall–Kier alpha value is -0.690. The third-order valence-electron chi connectivity index (χ3n) is 2.69. The first-order valence-electron chi connectivity index (χ1n) is 6.16. The lowest BCUT2D eigenvalue weighted by molar-refractivity contribution is -0.123. The van der Waals surface area contributed by atoms with Crippen LogP contribution in [0.5, 0.6) is 0 Å². The second kappa shape index (κ2) is 9.27. The zero-order chi connectivity index (χ0) is 14.0. The largest absolute Gasteiger partial charge is 0.388 e. The molecule has 0 heterocycles. The number of amides is 1. The van der Waals surface area contributed by atoms with Crippen molar-refractivity contribution in [2.75, 3.05) is 34.0 Å². The van der Waals surface area contributed by atoms with Gasteiger partial charge in [-0.05, 0) is 19.8 Å². The average molecular weight is 262 g/mol. The molecular weight excluding hydrogens is 236 g/mol. The van der Waals surface area contributed by atoms with Gasteiger partial charge < -0.3 is 25.6 Å². The third-order valence-corrected chi connectivity index (χ3v) is 2.69. The second-order valence-corrected chi connectivity index (χ2v) is 4.70. The van der Waals surface area contributed by atoms with Crippen LogP contribution in [-0.4, -0.2) is 56.6 Å². The summed E-state index contributed by atoms with van der Waals surface area (Å²) in [5.74, 6) is -0.246. The monoisotopic (exact) mass is 262 g/mol. The number of nitrogens with one attached hydrogen (secondary N) is 1. The standard InChI is InChI=1S/C12H26N2O4/c1-12(16,6-8-18-3)9-14-11(15)10(13)5-4-7-17-2/h10,16H,4-9,13H2,1-3H3,(H,14,15). The van der Waals surface area contributed by atoms with E-state index in [1.165, 1.54) is 0 Å². The summed E-state index contributed by atoms with van der Waals surface area (Å²) >= 11 is 0. The fourth-order valence-corrected chi connectivity index (χ4v) is 1.40. The molecular formula is C12H26N2O4. The lowest BCUT2D eigenvalue weighted by Crippen LogP contribution is -2.47. The highest BCUT2D eigenvalue weighted by molar-refractivity contribution is 5.81. The van der Waals surface area contributed by atoms with E-state index in [4.69, 9.17) is 15.2 Å². The molecule has 2 unspecified atom stereocenters. The summed E-state index contributed by atoms with van der Waals surface area (Å²) in [5, 5.41) is 12.6. The predicted molar refractivity (Wildman–Crippen MR) is 69.2 cm³/mol. The molecule has 0 rings (SSSR count). The number of carbonyl (C=O) groups is 1. The Kier molecular flexibility index (Phi) is 8.91. The Morgan fingerprint density at radius 2 is 2.00 bits per heavy atom. The molecule has 108 valence electrons. The molecule has 1 amide bonds. The number of carbonyl (C=O) groups excluding carboxylic acids is 1. The summed E-state index contributed by atoms with van der Waals surface area (Å²) in [7, 11) is 3.18. The minimum absolute atomic E-state index is 0.174. The Bertz CT molecular complexity index is 234. The molecule has 0 aliphatic heterocycles. The predicted octanol–water partition coefficient (Wildman–Crippen LogP) is -0.356. The van der Waals surface area contributed by atoms with Gasteiger partial charge in [0.1, 0.15) is 0 Å². The highest BCUT2D eigenvalue weighted by Gasteiger charge is 2.22. The van der Waals surface area contributed by atoms with Crippen molar-refractivity contribution in [1.82, 2.24) is 5.32 Å². The molecule has 0 aromatic carbocycles. The maximum atomic E-state index is 11.6.